The highest BCUT2D eigenvalue weighted by Gasteiger charge is 2.17. The maximum absolute atomic E-state index is 10.6. The van der Waals surface area contributed by atoms with E-state index in [0.717, 1.165) is 6.42 Å². The molecule has 0 unspecified atom stereocenters. The van der Waals surface area contributed by atoms with Gasteiger partial charge in [0.1, 0.15) is 0 Å². The van der Waals surface area contributed by atoms with Gasteiger partial charge in [0.25, 0.3) is 0 Å². The van der Waals surface area contributed by atoms with Gasteiger partial charge in [0.2, 0.25) is 0 Å². The molecule has 0 amide bonds. The zero-order valence-corrected chi connectivity index (χ0v) is 7.42. The van der Waals surface area contributed by atoms with Gasteiger partial charge in [-0.25, -0.2) is 0 Å². The van der Waals surface area contributed by atoms with Gasteiger partial charge in [0.05, 0.1) is 5.92 Å². The van der Waals surface area contributed by atoms with Crippen LogP contribution < -0.4 is 5.32 Å². The Morgan fingerprint density at radius 2 is 2.09 bits per heavy atom. The second-order valence-electron chi connectivity index (χ2n) is 3.22. The molecule has 0 aromatic carbocycles. The van der Waals surface area contributed by atoms with Crippen molar-refractivity contribution in [1.82, 2.24) is 5.32 Å². The van der Waals surface area contributed by atoms with E-state index in [4.69, 9.17) is 5.11 Å². The van der Waals surface area contributed by atoms with Gasteiger partial charge in [0, 0.05) is 6.54 Å². The van der Waals surface area contributed by atoms with E-state index in [0.29, 0.717) is 12.5 Å². The third kappa shape index (κ3) is 4.79. The van der Waals surface area contributed by atoms with Gasteiger partial charge in [-0.05, 0) is 19.4 Å². The summed E-state index contributed by atoms with van der Waals surface area (Å²) in [5.74, 6) is -0.488. The Labute approximate surface area is 67.8 Å². The van der Waals surface area contributed by atoms with Crippen LogP contribution in [-0.2, 0) is 4.79 Å². The summed E-state index contributed by atoms with van der Waals surface area (Å²) in [6, 6.07) is 0. The van der Waals surface area contributed by atoms with Gasteiger partial charge >= 0.3 is 5.97 Å². The summed E-state index contributed by atoms with van der Waals surface area (Å²) in [5.41, 5.74) is 0. The molecule has 0 aliphatic rings. The highest BCUT2D eigenvalue weighted by atomic mass is 16.4. The molecule has 66 valence electrons. The minimum absolute atomic E-state index is 0.236. The van der Waals surface area contributed by atoms with Crippen molar-refractivity contribution in [2.45, 2.75) is 20.3 Å². The van der Waals surface area contributed by atoms with Gasteiger partial charge in [-0.2, -0.15) is 0 Å². The fourth-order valence-electron chi connectivity index (χ4n) is 1.09. The Bertz CT molecular complexity index is 123. The molecule has 0 fully saturated rings. The number of nitrogens with one attached hydrogen (secondary N) is 1. The summed E-state index contributed by atoms with van der Waals surface area (Å²) in [6.07, 6.45) is 0.746. The maximum atomic E-state index is 10.6. The fourth-order valence-corrected chi connectivity index (χ4v) is 1.09. The van der Waals surface area contributed by atoms with Gasteiger partial charge in [-0.1, -0.05) is 13.8 Å². The Morgan fingerprint density at radius 3 is 2.36 bits per heavy atom. The maximum Gasteiger partial charge on any atom is 0.307 e. The Morgan fingerprint density at radius 1 is 1.55 bits per heavy atom. The molecule has 0 aromatic rings. The van der Waals surface area contributed by atoms with Crippen LogP contribution in [0.5, 0.6) is 0 Å². The van der Waals surface area contributed by atoms with Crippen LogP contribution in [0.25, 0.3) is 0 Å². The van der Waals surface area contributed by atoms with Crippen molar-refractivity contribution in [3.8, 4) is 0 Å². The van der Waals surface area contributed by atoms with Crippen molar-refractivity contribution in [2.24, 2.45) is 11.8 Å². The number of hydrogen-bond acceptors (Lipinski definition) is 2. The first-order valence-corrected chi connectivity index (χ1v) is 3.95. The molecule has 3 heteroatoms. The quantitative estimate of drug-likeness (QED) is 0.628. The van der Waals surface area contributed by atoms with Crippen molar-refractivity contribution in [3.63, 3.8) is 0 Å². The number of aliphatic carboxylic acids is 1. The van der Waals surface area contributed by atoms with Crippen LogP contribution in [0.3, 0.4) is 0 Å². The molecule has 0 heterocycles. The zero-order valence-electron chi connectivity index (χ0n) is 7.42. The summed E-state index contributed by atoms with van der Waals surface area (Å²) < 4.78 is 0. The van der Waals surface area contributed by atoms with E-state index in [1.54, 1.807) is 7.05 Å². The lowest BCUT2D eigenvalue weighted by molar-refractivity contribution is -0.142. The highest BCUT2D eigenvalue weighted by Crippen LogP contribution is 2.10. The normalized spacial score (nSPS) is 13.5. The molecule has 0 aliphatic heterocycles. The Balaban J connectivity index is 3.79. The number of carbonyl (C=O) groups is 1. The fraction of sp³-hybridized carbons (Fsp3) is 0.875. The lowest BCUT2D eigenvalue weighted by Crippen LogP contribution is -2.27. The van der Waals surface area contributed by atoms with Crippen molar-refractivity contribution in [3.05, 3.63) is 0 Å². The van der Waals surface area contributed by atoms with Crippen LogP contribution in [0.1, 0.15) is 20.3 Å². The predicted octanol–water partition coefficient (Wildman–Crippen LogP) is 0.953. The standard InChI is InChI=1S/C8H17NO2/c1-6(2)4-7(5-9-3)8(10)11/h6-7,9H,4-5H2,1-3H3,(H,10,11)/t7-/m1/s1. The van der Waals surface area contributed by atoms with E-state index < -0.39 is 5.97 Å². The smallest absolute Gasteiger partial charge is 0.307 e. The summed E-state index contributed by atoms with van der Waals surface area (Å²) >= 11 is 0. The van der Waals surface area contributed by atoms with Crippen LogP contribution in [0.2, 0.25) is 0 Å². The summed E-state index contributed by atoms with van der Waals surface area (Å²) in [5, 5.41) is 11.6. The SMILES string of the molecule is CNC[C@@H](CC(C)C)C(=O)O. The molecule has 0 saturated carbocycles. The minimum Gasteiger partial charge on any atom is -0.481 e. The van der Waals surface area contributed by atoms with Crippen molar-refractivity contribution in [1.29, 1.82) is 0 Å². The van der Waals surface area contributed by atoms with E-state index in [2.05, 4.69) is 5.32 Å². The van der Waals surface area contributed by atoms with Gasteiger partial charge in [-0.3, -0.25) is 4.79 Å². The van der Waals surface area contributed by atoms with Crippen LogP contribution in [0.4, 0.5) is 0 Å². The summed E-state index contributed by atoms with van der Waals surface area (Å²) in [7, 11) is 1.77. The van der Waals surface area contributed by atoms with Crippen LogP contribution in [0, 0.1) is 11.8 Å². The first-order chi connectivity index (χ1) is 5.07. The predicted molar refractivity (Wildman–Crippen MR) is 44.5 cm³/mol. The number of carboxylic acid groups (broad SMARTS) is 1. The number of rotatable bonds is 5. The molecule has 2 N–H and O–H groups in total. The second kappa shape index (κ2) is 5.13. The zero-order chi connectivity index (χ0) is 8.85. The van der Waals surface area contributed by atoms with E-state index >= 15 is 0 Å². The lowest BCUT2D eigenvalue weighted by Gasteiger charge is -2.13. The van der Waals surface area contributed by atoms with Crippen molar-refractivity contribution in [2.75, 3.05) is 13.6 Å². The Kier molecular flexibility index (Phi) is 4.86. The molecule has 0 aliphatic carbocycles. The van der Waals surface area contributed by atoms with Gasteiger partial charge in [0.15, 0.2) is 0 Å². The third-order valence-corrected chi connectivity index (χ3v) is 1.56. The second-order valence-corrected chi connectivity index (χ2v) is 3.22. The molecular weight excluding hydrogens is 142 g/mol. The molecule has 0 spiro atoms. The molecule has 0 bridgehead atoms. The van der Waals surface area contributed by atoms with E-state index in [9.17, 15) is 4.79 Å². The minimum atomic E-state index is -0.701. The van der Waals surface area contributed by atoms with E-state index in [1.807, 2.05) is 13.8 Å². The molecule has 11 heavy (non-hydrogen) atoms. The molecule has 1 atom stereocenters. The van der Waals surface area contributed by atoms with Crippen molar-refractivity contribution < 1.29 is 9.90 Å². The molecular formula is C8H17NO2. The van der Waals surface area contributed by atoms with Crippen LogP contribution >= 0.6 is 0 Å². The molecule has 0 saturated heterocycles. The topological polar surface area (TPSA) is 49.3 Å². The lowest BCUT2D eigenvalue weighted by atomic mass is 9.97. The third-order valence-electron chi connectivity index (χ3n) is 1.56. The molecule has 0 radical (unpaired) electrons. The highest BCUT2D eigenvalue weighted by molar-refractivity contribution is 5.70. The monoisotopic (exact) mass is 159 g/mol. The van der Waals surface area contributed by atoms with Gasteiger partial charge < -0.3 is 10.4 Å². The number of hydrogen-bond donors (Lipinski definition) is 2. The van der Waals surface area contributed by atoms with Crippen molar-refractivity contribution >= 4 is 5.97 Å². The average molecular weight is 159 g/mol. The first-order valence-electron chi connectivity index (χ1n) is 3.95. The van der Waals surface area contributed by atoms with Crippen LogP contribution in [0.15, 0.2) is 0 Å². The largest absolute Gasteiger partial charge is 0.481 e. The van der Waals surface area contributed by atoms with E-state index in [1.165, 1.54) is 0 Å². The summed E-state index contributed by atoms with van der Waals surface area (Å²) in [6.45, 7) is 4.63. The average Bonchev–Trinajstić information content (AvgIpc) is 1.86. The van der Waals surface area contributed by atoms with Crippen LogP contribution in [-0.4, -0.2) is 24.7 Å². The molecule has 3 nitrogen and oxygen atoms in total. The first kappa shape index (κ1) is 10.4. The number of carboxylic acids is 1. The Hall–Kier alpha value is -0.570. The van der Waals surface area contributed by atoms with Gasteiger partial charge in [-0.15, -0.1) is 0 Å². The summed E-state index contributed by atoms with van der Waals surface area (Å²) in [4.78, 5) is 10.6. The molecule has 0 aromatic heterocycles. The van der Waals surface area contributed by atoms with E-state index in [-0.39, 0.29) is 5.92 Å². The molecule has 0 rings (SSSR count).